The van der Waals surface area contributed by atoms with E-state index in [0.717, 1.165) is 33.7 Å². The minimum atomic E-state index is -0.0432. The average molecular weight is 310 g/mol. The number of H-pyrrole nitrogens is 1. The van der Waals surface area contributed by atoms with Crippen molar-refractivity contribution in [2.45, 2.75) is 19.8 Å². The Morgan fingerprint density at radius 1 is 1.30 bits per heavy atom. The molecule has 23 heavy (non-hydrogen) atoms. The second-order valence-electron chi connectivity index (χ2n) is 5.24. The highest BCUT2D eigenvalue weighted by molar-refractivity contribution is 5.92. The van der Waals surface area contributed by atoms with Gasteiger partial charge in [0.2, 0.25) is 5.91 Å². The number of carbonyl (C=O) groups is 1. The van der Waals surface area contributed by atoms with Gasteiger partial charge in [-0.1, -0.05) is 0 Å². The summed E-state index contributed by atoms with van der Waals surface area (Å²) in [6, 6.07) is 5.47. The molecule has 0 aliphatic rings. The van der Waals surface area contributed by atoms with Crippen LogP contribution in [0.4, 0.5) is 5.69 Å². The van der Waals surface area contributed by atoms with Gasteiger partial charge in [-0.25, -0.2) is 4.98 Å². The van der Waals surface area contributed by atoms with Gasteiger partial charge in [-0.2, -0.15) is 0 Å². The zero-order valence-corrected chi connectivity index (χ0v) is 13.1. The molecule has 0 radical (unpaired) electrons. The van der Waals surface area contributed by atoms with Gasteiger partial charge in [0.05, 0.1) is 23.9 Å². The number of aryl methyl sites for hydroxylation is 2. The van der Waals surface area contributed by atoms with Crippen molar-refractivity contribution >= 4 is 22.6 Å². The summed E-state index contributed by atoms with van der Waals surface area (Å²) in [6.45, 7) is 1.87. The van der Waals surface area contributed by atoms with Gasteiger partial charge in [-0.3, -0.25) is 9.78 Å². The Hall–Kier alpha value is -2.89. The number of aromatic nitrogens is 3. The molecule has 3 aromatic rings. The van der Waals surface area contributed by atoms with Crippen LogP contribution in [0.25, 0.3) is 11.0 Å². The smallest absolute Gasteiger partial charge is 0.224 e. The number of amides is 1. The summed E-state index contributed by atoms with van der Waals surface area (Å²) in [5, 5.41) is 3.82. The van der Waals surface area contributed by atoms with E-state index in [1.54, 1.807) is 25.6 Å². The van der Waals surface area contributed by atoms with E-state index in [0.29, 0.717) is 12.8 Å². The average Bonchev–Trinajstić information content (AvgIpc) is 2.98. The van der Waals surface area contributed by atoms with Crippen molar-refractivity contribution in [1.82, 2.24) is 15.0 Å². The first-order chi connectivity index (χ1) is 11.2. The third-order valence-electron chi connectivity index (χ3n) is 3.74. The first-order valence-corrected chi connectivity index (χ1v) is 7.39. The fraction of sp³-hybridized carbons (Fsp3) is 0.235. The molecule has 6 nitrogen and oxygen atoms in total. The molecule has 6 heteroatoms. The van der Waals surface area contributed by atoms with Gasteiger partial charge < -0.3 is 15.0 Å². The van der Waals surface area contributed by atoms with Crippen molar-refractivity contribution in [1.29, 1.82) is 0 Å². The van der Waals surface area contributed by atoms with Gasteiger partial charge in [-0.15, -0.1) is 0 Å². The van der Waals surface area contributed by atoms with E-state index in [1.165, 1.54) is 0 Å². The molecule has 3 aromatic heterocycles. The van der Waals surface area contributed by atoms with Crippen LogP contribution in [0.3, 0.4) is 0 Å². The molecule has 0 fully saturated rings. The van der Waals surface area contributed by atoms with E-state index in [2.05, 4.69) is 20.3 Å². The standard InChI is InChI=1S/C17H18N4O2/c1-11-13(4-3-8-18-11)21-15(22)6-5-12-10-20-17-16(12)14(23-2)7-9-19-17/h3-4,7-10H,5-6H2,1-2H3,(H,19,20)(H,21,22). The second kappa shape index (κ2) is 6.48. The summed E-state index contributed by atoms with van der Waals surface area (Å²) in [7, 11) is 1.63. The summed E-state index contributed by atoms with van der Waals surface area (Å²) in [4.78, 5) is 23.7. The quantitative estimate of drug-likeness (QED) is 0.759. The molecule has 118 valence electrons. The van der Waals surface area contributed by atoms with Crippen molar-refractivity contribution in [3.05, 3.63) is 48.0 Å². The second-order valence-corrected chi connectivity index (χ2v) is 5.24. The lowest BCUT2D eigenvalue weighted by atomic mass is 10.1. The predicted octanol–water partition coefficient (Wildman–Crippen LogP) is 2.85. The van der Waals surface area contributed by atoms with Crippen molar-refractivity contribution in [3.8, 4) is 5.75 Å². The van der Waals surface area contributed by atoms with E-state index in [4.69, 9.17) is 4.74 Å². The van der Waals surface area contributed by atoms with Crippen molar-refractivity contribution < 1.29 is 9.53 Å². The number of methoxy groups -OCH3 is 1. The minimum absolute atomic E-state index is 0.0432. The van der Waals surface area contributed by atoms with Crippen LogP contribution in [0.1, 0.15) is 17.7 Å². The summed E-state index contributed by atoms with van der Waals surface area (Å²) in [5.41, 5.74) is 3.33. The van der Waals surface area contributed by atoms with Gasteiger partial charge in [0.25, 0.3) is 0 Å². The Morgan fingerprint density at radius 2 is 2.17 bits per heavy atom. The number of nitrogens with zero attached hydrogens (tertiary/aromatic N) is 2. The number of hydrogen-bond donors (Lipinski definition) is 2. The van der Waals surface area contributed by atoms with Crippen molar-refractivity contribution in [3.63, 3.8) is 0 Å². The highest BCUT2D eigenvalue weighted by Crippen LogP contribution is 2.27. The van der Waals surface area contributed by atoms with Crippen LogP contribution in [0.15, 0.2) is 36.8 Å². The van der Waals surface area contributed by atoms with E-state index in [9.17, 15) is 4.79 Å². The molecular formula is C17H18N4O2. The zero-order chi connectivity index (χ0) is 16.2. The molecule has 3 heterocycles. The number of ether oxygens (including phenoxy) is 1. The van der Waals surface area contributed by atoms with Crippen LogP contribution < -0.4 is 10.1 Å². The van der Waals surface area contributed by atoms with Crippen LogP contribution in [-0.4, -0.2) is 28.0 Å². The Morgan fingerprint density at radius 3 is 2.96 bits per heavy atom. The molecule has 0 spiro atoms. The molecule has 0 atom stereocenters. The molecular weight excluding hydrogens is 292 g/mol. The lowest BCUT2D eigenvalue weighted by Gasteiger charge is -2.07. The highest BCUT2D eigenvalue weighted by atomic mass is 16.5. The molecule has 0 bridgehead atoms. The van der Waals surface area contributed by atoms with Crippen LogP contribution in [0.5, 0.6) is 5.75 Å². The molecule has 0 aromatic carbocycles. The van der Waals surface area contributed by atoms with Gasteiger partial charge in [-0.05, 0) is 37.1 Å². The zero-order valence-electron chi connectivity index (χ0n) is 13.1. The Balaban J connectivity index is 1.71. The molecule has 1 amide bonds. The Bertz CT molecular complexity index is 841. The normalized spacial score (nSPS) is 10.7. The molecule has 3 rings (SSSR count). The molecule has 2 N–H and O–H groups in total. The summed E-state index contributed by atoms with van der Waals surface area (Å²) in [5.74, 6) is 0.716. The maximum Gasteiger partial charge on any atom is 0.224 e. The summed E-state index contributed by atoms with van der Waals surface area (Å²) in [6.07, 6.45) is 6.25. The third-order valence-corrected chi connectivity index (χ3v) is 3.74. The first-order valence-electron chi connectivity index (χ1n) is 7.39. The number of carbonyl (C=O) groups excluding carboxylic acids is 1. The summed E-state index contributed by atoms with van der Waals surface area (Å²) < 4.78 is 5.38. The monoisotopic (exact) mass is 310 g/mol. The molecule has 0 saturated heterocycles. The van der Waals surface area contributed by atoms with Crippen molar-refractivity contribution in [2.75, 3.05) is 12.4 Å². The van der Waals surface area contributed by atoms with Crippen LogP contribution in [0.2, 0.25) is 0 Å². The fourth-order valence-corrected chi connectivity index (χ4v) is 2.54. The van der Waals surface area contributed by atoms with Crippen LogP contribution >= 0.6 is 0 Å². The Kier molecular flexibility index (Phi) is 4.23. The maximum absolute atomic E-state index is 12.2. The van der Waals surface area contributed by atoms with Crippen molar-refractivity contribution in [2.24, 2.45) is 0 Å². The minimum Gasteiger partial charge on any atom is -0.496 e. The van der Waals surface area contributed by atoms with Gasteiger partial charge in [0.1, 0.15) is 11.4 Å². The summed E-state index contributed by atoms with van der Waals surface area (Å²) >= 11 is 0. The van der Waals surface area contributed by atoms with Gasteiger partial charge in [0, 0.05) is 25.0 Å². The predicted molar refractivity (Wildman–Crippen MR) is 88.6 cm³/mol. The van der Waals surface area contributed by atoms with Crippen LogP contribution in [-0.2, 0) is 11.2 Å². The molecule has 0 saturated carbocycles. The van der Waals surface area contributed by atoms with Gasteiger partial charge >= 0.3 is 0 Å². The topological polar surface area (TPSA) is 79.9 Å². The van der Waals surface area contributed by atoms with E-state index in [1.807, 2.05) is 25.3 Å². The number of pyridine rings is 2. The highest BCUT2D eigenvalue weighted by Gasteiger charge is 2.12. The number of anilines is 1. The lowest BCUT2D eigenvalue weighted by Crippen LogP contribution is -2.13. The number of nitrogens with one attached hydrogen (secondary N) is 2. The number of hydrogen-bond acceptors (Lipinski definition) is 4. The first kappa shape index (κ1) is 15.0. The number of fused-ring (bicyclic) bond motifs is 1. The fourth-order valence-electron chi connectivity index (χ4n) is 2.54. The molecule has 0 aliphatic heterocycles. The Labute approximate surface area is 133 Å². The van der Waals surface area contributed by atoms with Crippen LogP contribution in [0, 0.1) is 6.92 Å². The number of rotatable bonds is 5. The third kappa shape index (κ3) is 3.15. The maximum atomic E-state index is 12.2. The van der Waals surface area contributed by atoms with Gasteiger partial charge in [0.15, 0.2) is 0 Å². The van der Waals surface area contributed by atoms with E-state index >= 15 is 0 Å². The SMILES string of the molecule is COc1ccnc2[nH]cc(CCC(=O)Nc3cccnc3C)c12. The lowest BCUT2D eigenvalue weighted by molar-refractivity contribution is -0.116. The largest absolute Gasteiger partial charge is 0.496 e. The van der Waals surface area contributed by atoms with E-state index < -0.39 is 0 Å². The molecule has 0 aliphatic carbocycles. The number of aromatic amines is 1. The van der Waals surface area contributed by atoms with E-state index in [-0.39, 0.29) is 5.91 Å². The molecule has 0 unspecified atom stereocenters.